The van der Waals surface area contributed by atoms with Crippen LogP contribution in [0.2, 0.25) is 10.0 Å². The van der Waals surface area contributed by atoms with Crippen molar-refractivity contribution in [3.63, 3.8) is 0 Å². The predicted molar refractivity (Wildman–Crippen MR) is 104 cm³/mol. The van der Waals surface area contributed by atoms with Gasteiger partial charge >= 0.3 is 0 Å². The first kappa shape index (κ1) is 18.2. The lowest BCUT2D eigenvalue weighted by Gasteiger charge is -2.39. The van der Waals surface area contributed by atoms with Crippen LogP contribution in [0.25, 0.3) is 0 Å². The summed E-state index contributed by atoms with van der Waals surface area (Å²) in [5.41, 5.74) is 2.89. The van der Waals surface area contributed by atoms with Crippen LogP contribution in [0, 0.1) is 6.92 Å². The first-order valence-corrected chi connectivity index (χ1v) is 9.22. The van der Waals surface area contributed by atoms with Gasteiger partial charge in [0.1, 0.15) is 0 Å². The Hall–Kier alpha value is -1.55. The van der Waals surface area contributed by atoms with Crippen LogP contribution >= 0.6 is 23.2 Å². The second kappa shape index (κ2) is 7.77. The molecule has 1 aliphatic rings. The summed E-state index contributed by atoms with van der Waals surface area (Å²) >= 11 is 12.2. The Morgan fingerprint density at radius 1 is 1.16 bits per heavy atom. The molecule has 2 aromatic carbocycles. The number of amides is 1. The summed E-state index contributed by atoms with van der Waals surface area (Å²) in [5.74, 6) is 0.236. The molecule has 0 aromatic heterocycles. The topological polar surface area (TPSA) is 32.3 Å². The van der Waals surface area contributed by atoms with Gasteiger partial charge in [0, 0.05) is 41.2 Å². The number of carbonyl (C=O) groups excluding carboxylic acids is 1. The number of aryl methyl sites for hydroxylation is 1. The highest BCUT2D eigenvalue weighted by Gasteiger charge is 2.32. The third kappa shape index (κ3) is 4.00. The molecule has 1 fully saturated rings. The van der Waals surface area contributed by atoms with E-state index in [1.165, 1.54) is 5.56 Å². The van der Waals surface area contributed by atoms with Crippen molar-refractivity contribution in [3.8, 4) is 0 Å². The van der Waals surface area contributed by atoms with E-state index in [0.29, 0.717) is 10.6 Å². The number of likely N-dealkylation sites (N-methyl/N-ethyl adjacent to an activating group) is 1. The maximum atomic E-state index is 12.9. The average molecular weight is 377 g/mol. The summed E-state index contributed by atoms with van der Waals surface area (Å²) < 4.78 is 0. The van der Waals surface area contributed by atoms with Crippen molar-refractivity contribution in [2.75, 3.05) is 20.1 Å². The highest BCUT2D eigenvalue weighted by molar-refractivity contribution is 6.31. The van der Waals surface area contributed by atoms with Gasteiger partial charge in [-0.25, -0.2) is 0 Å². The Balaban J connectivity index is 1.85. The zero-order valence-corrected chi connectivity index (χ0v) is 15.9. The van der Waals surface area contributed by atoms with E-state index < -0.39 is 0 Å². The SMILES string of the molecule is Cc1ccc([C@@H]2CNCC[C@H]2N(C)C(=O)c2ccc(Cl)cc2)cc1Cl. The second-order valence-corrected chi connectivity index (χ2v) is 7.44. The van der Waals surface area contributed by atoms with Crippen molar-refractivity contribution in [1.29, 1.82) is 0 Å². The third-order valence-corrected chi connectivity index (χ3v) is 5.64. The summed E-state index contributed by atoms with van der Waals surface area (Å²) in [6, 6.07) is 13.4. The normalized spacial score (nSPS) is 20.3. The molecule has 0 saturated carbocycles. The van der Waals surface area contributed by atoms with Crippen LogP contribution in [0.15, 0.2) is 42.5 Å². The monoisotopic (exact) mass is 376 g/mol. The maximum Gasteiger partial charge on any atom is 0.253 e. The number of hydrogen-bond acceptors (Lipinski definition) is 2. The molecule has 0 radical (unpaired) electrons. The van der Waals surface area contributed by atoms with E-state index in [4.69, 9.17) is 23.2 Å². The molecule has 2 aromatic rings. The van der Waals surface area contributed by atoms with E-state index in [-0.39, 0.29) is 17.9 Å². The van der Waals surface area contributed by atoms with Crippen molar-refractivity contribution in [2.24, 2.45) is 0 Å². The average Bonchev–Trinajstić information content (AvgIpc) is 2.63. The van der Waals surface area contributed by atoms with Gasteiger partial charge in [-0.2, -0.15) is 0 Å². The summed E-state index contributed by atoms with van der Waals surface area (Å²) in [6.07, 6.45) is 0.909. The molecule has 3 rings (SSSR count). The van der Waals surface area contributed by atoms with E-state index in [1.807, 2.05) is 31.0 Å². The van der Waals surface area contributed by atoms with E-state index in [0.717, 1.165) is 30.1 Å². The van der Waals surface area contributed by atoms with Crippen LogP contribution in [0.1, 0.15) is 33.8 Å². The molecule has 0 bridgehead atoms. The zero-order chi connectivity index (χ0) is 18.0. The molecule has 5 heteroatoms. The molecule has 1 N–H and O–H groups in total. The fourth-order valence-corrected chi connectivity index (χ4v) is 3.75. The predicted octanol–water partition coefficient (Wildman–Crippen LogP) is 4.52. The number of benzene rings is 2. The molecule has 1 heterocycles. The molecule has 0 aliphatic carbocycles. The summed E-state index contributed by atoms with van der Waals surface area (Å²) in [5, 5.41) is 4.84. The second-order valence-electron chi connectivity index (χ2n) is 6.60. The first-order chi connectivity index (χ1) is 12.0. The van der Waals surface area contributed by atoms with Crippen molar-refractivity contribution in [3.05, 3.63) is 69.2 Å². The van der Waals surface area contributed by atoms with Gasteiger partial charge < -0.3 is 10.2 Å². The maximum absolute atomic E-state index is 12.9. The summed E-state index contributed by atoms with van der Waals surface area (Å²) in [6.45, 7) is 3.74. The summed E-state index contributed by atoms with van der Waals surface area (Å²) in [7, 11) is 1.88. The van der Waals surface area contributed by atoms with Crippen molar-refractivity contribution < 1.29 is 4.79 Å². The Kier molecular flexibility index (Phi) is 5.67. The van der Waals surface area contributed by atoms with Gasteiger partial charge in [-0.05, 0) is 61.3 Å². The van der Waals surface area contributed by atoms with Crippen LogP contribution in [0.5, 0.6) is 0 Å². The van der Waals surface area contributed by atoms with Crippen molar-refractivity contribution >= 4 is 29.1 Å². The minimum Gasteiger partial charge on any atom is -0.338 e. The molecular weight excluding hydrogens is 355 g/mol. The third-order valence-electron chi connectivity index (χ3n) is 4.98. The van der Waals surface area contributed by atoms with Crippen molar-refractivity contribution in [1.82, 2.24) is 10.2 Å². The van der Waals surface area contributed by atoms with Gasteiger partial charge in [0.15, 0.2) is 0 Å². The van der Waals surface area contributed by atoms with Crippen LogP contribution in [0.3, 0.4) is 0 Å². The van der Waals surface area contributed by atoms with E-state index >= 15 is 0 Å². The van der Waals surface area contributed by atoms with Gasteiger partial charge in [0.05, 0.1) is 0 Å². The molecule has 0 spiro atoms. The molecule has 2 atom stereocenters. The van der Waals surface area contributed by atoms with Crippen LogP contribution < -0.4 is 5.32 Å². The largest absolute Gasteiger partial charge is 0.338 e. The molecule has 132 valence electrons. The smallest absolute Gasteiger partial charge is 0.253 e. The minimum absolute atomic E-state index is 0.0202. The molecule has 3 nitrogen and oxygen atoms in total. The number of hydrogen-bond donors (Lipinski definition) is 1. The number of carbonyl (C=O) groups is 1. The van der Waals surface area contributed by atoms with Gasteiger partial charge in [0.2, 0.25) is 0 Å². The lowest BCUT2D eigenvalue weighted by atomic mass is 9.85. The van der Waals surface area contributed by atoms with Crippen LogP contribution in [-0.4, -0.2) is 37.0 Å². The number of nitrogens with zero attached hydrogens (tertiary/aromatic N) is 1. The molecular formula is C20H22Cl2N2O. The molecule has 25 heavy (non-hydrogen) atoms. The minimum atomic E-state index is 0.0202. The number of halogens is 2. The van der Waals surface area contributed by atoms with Gasteiger partial charge in [-0.3, -0.25) is 4.79 Å². The highest BCUT2D eigenvalue weighted by Crippen LogP contribution is 2.31. The lowest BCUT2D eigenvalue weighted by Crippen LogP contribution is -2.49. The first-order valence-electron chi connectivity index (χ1n) is 8.47. The van der Waals surface area contributed by atoms with Crippen molar-refractivity contribution in [2.45, 2.75) is 25.3 Å². The Morgan fingerprint density at radius 3 is 2.56 bits per heavy atom. The fraction of sp³-hybridized carbons (Fsp3) is 0.350. The quantitative estimate of drug-likeness (QED) is 0.853. The van der Waals surface area contributed by atoms with Gasteiger partial charge in [-0.1, -0.05) is 35.3 Å². The molecule has 1 amide bonds. The number of rotatable bonds is 3. The molecule has 0 unspecified atom stereocenters. The van der Waals surface area contributed by atoms with Gasteiger partial charge in [-0.15, -0.1) is 0 Å². The van der Waals surface area contributed by atoms with Crippen LogP contribution in [-0.2, 0) is 0 Å². The van der Waals surface area contributed by atoms with E-state index in [2.05, 4.69) is 11.4 Å². The van der Waals surface area contributed by atoms with Gasteiger partial charge in [0.25, 0.3) is 5.91 Å². The number of piperidine rings is 1. The summed E-state index contributed by atoms with van der Waals surface area (Å²) in [4.78, 5) is 14.8. The number of nitrogens with one attached hydrogen (secondary N) is 1. The van der Waals surface area contributed by atoms with E-state index in [1.54, 1.807) is 24.3 Å². The zero-order valence-electron chi connectivity index (χ0n) is 14.4. The van der Waals surface area contributed by atoms with Crippen LogP contribution in [0.4, 0.5) is 0 Å². The Labute approximate surface area is 158 Å². The Morgan fingerprint density at radius 2 is 1.88 bits per heavy atom. The Bertz CT molecular complexity index is 761. The van der Waals surface area contributed by atoms with E-state index in [9.17, 15) is 4.79 Å². The molecule has 1 saturated heterocycles. The fourth-order valence-electron chi connectivity index (χ4n) is 3.43. The molecule has 1 aliphatic heterocycles. The standard InChI is InChI=1S/C20H22Cl2N2O/c1-13-3-4-15(11-18(13)22)17-12-23-10-9-19(17)24(2)20(25)14-5-7-16(21)8-6-14/h3-8,11,17,19,23H,9-10,12H2,1-2H3/t17-,19+/m0/s1. The highest BCUT2D eigenvalue weighted by atomic mass is 35.5. The lowest BCUT2D eigenvalue weighted by molar-refractivity contribution is 0.0679.